The first-order valence-electron chi connectivity index (χ1n) is 5.25. The van der Waals surface area contributed by atoms with Gasteiger partial charge in [-0.25, -0.2) is 14.6 Å². The molecule has 0 spiro atoms. The summed E-state index contributed by atoms with van der Waals surface area (Å²) in [6, 6.07) is 3.39. The average molecular weight is 244 g/mol. The number of carbonyl (C=O) groups is 2. The molecule has 6 heteroatoms. The van der Waals surface area contributed by atoms with Gasteiger partial charge in [0.1, 0.15) is 5.71 Å². The van der Waals surface area contributed by atoms with Crippen molar-refractivity contribution in [2.45, 2.75) is 0 Å². The summed E-state index contributed by atoms with van der Waals surface area (Å²) in [5, 5.41) is 22.1. The molecule has 0 atom stereocenters. The van der Waals surface area contributed by atoms with E-state index in [0.29, 0.717) is 21.8 Å². The summed E-state index contributed by atoms with van der Waals surface area (Å²) in [7, 11) is 0. The summed E-state index contributed by atoms with van der Waals surface area (Å²) in [5.74, 6) is -2.13. The molecule has 1 aromatic carbocycles. The van der Waals surface area contributed by atoms with Gasteiger partial charge in [-0.3, -0.25) is 0 Å². The maximum Gasteiger partial charge on any atom is 0.354 e. The smallest absolute Gasteiger partial charge is 0.354 e. The highest BCUT2D eigenvalue weighted by Crippen LogP contribution is 2.16. The lowest BCUT2D eigenvalue weighted by Gasteiger charge is -1.97. The van der Waals surface area contributed by atoms with Crippen LogP contribution in [-0.4, -0.2) is 34.4 Å². The number of fused-ring (bicyclic) bond motifs is 3. The number of nitrogens with zero attached hydrogens (tertiary/aromatic N) is 1. The van der Waals surface area contributed by atoms with Crippen LogP contribution in [0.2, 0.25) is 0 Å². The van der Waals surface area contributed by atoms with Crippen LogP contribution in [0.4, 0.5) is 11.4 Å². The summed E-state index contributed by atoms with van der Waals surface area (Å²) < 4.78 is 0. The van der Waals surface area contributed by atoms with Crippen LogP contribution in [0.3, 0.4) is 0 Å². The van der Waals surface area contributed by atoms with E-state index in [0.717, 1.165) is 0 Å². The van der Waals surface area contributed by atoms with Crippen LogP contribution in [0.5, 0.6) is 0 Å². The van der Waals surface area contributed by atoms with Gasteiger partial charge >= 0.3 is 11.9 Å². The van der Waals surface area contributed by atoms with E-state index >= 15 is 0 Å². The molecule has 3 N–H and O–H groups in total. The Bertz CT molecular complexity index is 746. The maximum atomic E-state index is 11.1. The minimum Gasteiger partial charge on any atom is -0.478 e. The highest BCUT2D eigenvalue weighted by Gasteiger charge is 2.22. The molecule has 0 fully saturated rings. The number of carboxylic acid groups (broad SMARTS) is 2. The normalized spacial score (nSPS) is 15.3. The molecule has 0 saturated carbocycles. The predicted octanol–water partition coefficient (Wildman–Crippen LogP) is -0.701. The van der Waals surface area contributed by atoms with E-state index in [2.05, 4.69) is 10.3 Å². The fourth-order valence-electron chi connectivity index (χ4n) is 2.19. The third-order valence-electron chi connectivity index (χ3n) is 2.98. The zero-order valence-electron chi connectivity index (χ0n) is 9.10. The monoisotopic (exact) mass is 244 g/mol. The molecule has 0 bridgehead atoms. The maximum absolute atomic E-state index is 11.1. The van der Waals surface area contributed by atoms with Crippen LogP contribution in [0, 0.1) is 0 Å². The molecule has 0 saturated heterocycles. The van der Waals surface area contributed by atoms with E-state index < -0.39 is 11.9 Å². The zero-order chi connectivity index (χ0) is 12.9. The van der Waals surface area contributed by atoms with Gasteiger partial charge in [-0.15, -0.1) is 0 Å². The Morgan fingerprint density at radius 1 is 1.22 bits per heavy atom. The van der Waals surface area contributed by atoms with Crippen LogP contribution < -0.4 is 15.8 Å². The lowest BCUT2D eigenvalue weighted by molar-refractivity contribution is -0.131. The summed E-state index contributed by atoms with van der Waals surface area (Å²) in [5.41, 5.74) is 1.35. The predicted molar refractivity (Wildman–Crippen MR) is 64.4 cm³/mol. The van der Waals surface area contributed by atoms with E-state index in [1.54, 1.807) is 12.1 Å². The van der Waals surface area contributed by atoms with Crippen molar-refractivity contribution < 1.29 is 19.8 Å². The molecule has 6 nitrogen and oxygen atoms in total. The lowest BCUT2D eigenvalue weighted by Crippen LogP contribution is -2.28. The summed E-state index contributed by atoms with van der Waals surface area (Å²) in [4.78, 5) is 26.0. The van der Waals surface area contributed by atoms with Crippen LogP contribution in [0.15, 0.2) is 17.1 Å². The highest BCUT2D eigenvalue weighted by atomic mass is 16.4. The van der Waals surface area contributed by atoms with Gasteiger partial charge < -0.3 is 15.5 Å². The summed E-state index contributed by atoms with van der Waals surface area (Å²) >= 11 is 0. The topological polar surface area (TPSA) is 99.0 Å². The van der Waals surface area contributed by atoms with Crippen molar-refractivity contribution >= 4 is 40.7 Å². The number of rotatable bonds is 2. The van der Waals surface area contributed by atoms with E-state index in [9.17, 15) is 9.59 Å². The van der Waals surface area contributed by atoms with Gasteiger partial charge in [0.2, 0.25) is 0 Å². The molecule has 0 radical (unpaired) electrons. The van der Waals surface area contributed by atoms with Gasteiger partial charge in [0.05, 0.1) is 11.3 Å². The Morgan fingerprint density at radius 2 is 2.00 bits per heavy atom. The van der Waals surface area contributed by atoms with Crippen LogP contribution in [-0.2, 0) is 9.59 Å². The molecule has 0 amide bonds. The first-order valence-corrected chi connectivity index (χ1v) is 5.25. The summed E-state index contributed by atoms with van der Waals surface area (Å²) in [6.45, 7) is 0.233. The number of anilines is 1. The Hall–Kier alpha value is -2.63. The molecule has 2 heterocycles. The zero-order valence-corrected chi connectivity index (χ0v) is 9.10. The molecule has 0 unspecified atom stereocenters. The van der Waals surface area contributed by atoms with Gasteiger partial charge in [0, 0.05) is 22.7 Å². The second kappa shape index (κ2) is 3.43. The number of hydrogen-bond donors (Lipinski definition) is 3. The first kappa shape index (κ1) is 10.5. The molecule has 2 aliphatic heterocycles. The van der Waals surface area contributed by atoms with Crippen LogP contribution >= 0.6 is 0 Å². The SMILES string of the molecule is O=C(O)C1=Nc2ccc3c(c2=C1)=C(C(=O)O)CN3. The third kappa shape index (κ3) is 1.32. The quantitative estimate of drug-likeness (QED) is 0.638. The largest absolute Gasteiger partial charge is 0.478 e. The number of aliphatic carboxylic acids is 2. The molecule has 1 aromatic rings. The molecule has 18 heavy (non-hydrogen) atoms. The van der Waals surface area contributed by atoms with E-state index in [1.165, 1.54) is 6.08 Å². The minimum absolute atomic E-state index is 0.0740. The van der Waals surface area contributed by atoms with Gasteiger partial charge in [-0.05, 0) is 18.2 Å². The fraction of sp³-hybridized carbons (Fsp3) is 0.0833. The fourth-order valence-corrected chi connectivity index (χ4v) is 2.19. The van der Waals surface area contributed by atoms with E-state index in [4.69, 9.17) is 10.2 Å². The molecule has 0 aromatic heterocycles. The van der Waals surface area contributed by atoms with Crippen molar-refractivity contribution in [1.29, 1.82) is 0 Å². The molecule has 3 rings (SSSR count). The van der Waals surface area contributed by atoms with Crippen molar-refractivity contribution in [3.63, 3.8) is 0 Å². The van der Waals surface area contributed by atoms with Gasteiger partial charge in [-0.1, -0.05) is 0 Å². The lowest BCUT2D eigenvalue weighted by atomic mass is 10.1. The highest BCUT2D eigenvalue weighted by molar-refractivity contribution is 6.49. The van der Waals surface area contributed by atoms with Crippen molar-refractivity contribution in [2.24, 2.45) is 4.99 Å². The van der Waals surface area contributed by atoms with Crippen molar-refractivity contribution in [1.82, 2.24) is 0 Å². The Balaban J connectivity index is 2.38. The molecule has 0 aliphatic carbocycles. The number of benzene rings is 1. The van der Waals surface area contributed by atoms with Crippen molar-refractivity contribution in [3.05, 3.63) is 22.6 Å². The molecule has 2 aliphatic rings. The van der Waals surface area contributed by atoms with E-state index in [-0.39, 0.29) is 17.8 Å². The Morgan fingerprint density at radius 3 is 2.67 bits per heavy atom. The van der Waals surface area contributed by atoms with E-state index in [1.807, 2.05) is 0 Å². The standard InChI is InChI=1S/C12H8N2O4/c15-11(16)6-4-13-8-2-1-7-5(10(6)8)3-9(14-7)12(17)18/h1-3,13H,4H2,(H,15,16)(H,17,18). The Kier molecular flexibility index (Phi) is 2.00. The number of carboxylic acids is 2. The van der Waals surface area contributed by atoms with Gasteiger partial charge in [0.25, 0.3) is 0 Å². The average Bonchev–Trinajstić information content (AvgIpc) is 2.91. The van der Waals surface area contributed by atoms with Crippen molar-refractivity contribution in [3.8, 4) is 0 Å². The summed E-state index contributed by atoms with van der Waals surface area (Å²) in [6.07, 6.45) is 1.41. The van der Waals surface area contributed by atoms with Crippen molar-refractivity contribution in [2.75, 3.05) is 11.9 Å². The number of nitrogens with one attached hydrogen (secondary N) is 1. The second-order valence-electron chi connectivity index (χ2n) is 4.00. The third-order valence-corrected chi connectivity index (χ3v) is 2.98. The van der Waals surface area contributed by atoms with Gasteiger partial charge in [-0.2, -0.15) is 0 Å². The molecular weight excluding hydrogens is 236 g/mol. The minimum atomic E-state index is -1.12. The van der Waals surface area contributed by atoms with Crippen LogP contribution in [0.1, 0.15) is 0 Å². The van der Waals surface area contributed by atoms with Crippen LogP contribution in [0.25, 0.3) is 11.6 Å². The first-order chi connectivity index (χ1) is 8.58. The van der Waals surface area contributed by atoms with Gasteiger partial charge in [0.15, 0.2) is 0 Å². The number of aliphatic imine (C=N–C) groups is 1. The molecule has 90 valence electrons. The number of hydrogen-bond acceptors (Lipinski definition) is 4. The molecular formula is C12H8N2O4. The Labute approximate surface area is 101 Å². The second-order valence-corrected chi connectivity index (χ2v) is 4.00.